The van der Waals surface area contributed by atoms with Crippen molar-refractivity contribution < 1.29 is 19.8 Å². The van der Waals surface area contributed by atoms with E-state index in [4.69, 9.17) is 10.2 Å². The predicted octanol–water partition coefficient (Wildman–Crippen LogP) is 3.89. The number of aliphatic carboxylic acids is 2. The van der Waals surface area contributed by atoms with Gasteiger partial charge in [-0.25, -0.2) is 9.59 Å². The summed E-state index contributed by atoms with van der Waals surface area (Å²) in [5, 5.41) is 20.3. The molecular formula is C19H16N2O4S2. The number of carboxylic acids is 2. The monoisotopic (exact) mass is 400 g/mol. The van der Waals surface area contributed by atoms with Crippen molar-refractivity contribution in [2.75, 3.05) is 13.1 Å². The van der Waals surface area contributed by atoms with Crippen molar-refractivity contribution in [1.82, 2.24) is 4.90 Å². The van der Waals surface area contributed by atoms with Crippen LogP contribution in [0, 0.1) is 0 Å². The summed E-state index contributed by atoms with van der Waals surface area (Å²) >= 11 is 3.54. The van der Waals surface area contributed by atoms with E-state index >= 15 is 0 Å². The lowest BCUT2D eigenvalue weighted by Gasteiger charge is -2.16. The molecule has 2 aliphatic rings. The number of thioether (sulfide) groups is 1. The molecule has 0 fully saturated rings. The van der Waals surface area contributed by atoms with E-state index in [1.165, 1.54) is 26.3 Å². The van der Waals surface area contributed by atoms with Crippen LogP contribution < -0.4 is 0 Å². The maximum absolute atomic E-state index is 9.55. The topological polar surface area (TPSA) is 90.2 Å². The molecule has 2 aliphatic heterocycles. The van der Waals surface area contributed by atoms with Gasteiger partial charge in [-0.05, 0) is 17.8 Å². The molecule has 4 rings (SSSR count). The lowest BCUT2D eigenvalue weighted by Crippen LogP contribution is -2.19. The van der Waals surface area contributed by atoms with Gasteiger partial charge in [-0.2, -0.15) is 0 Å². The Bertz CT molecular complexity index is 988. The number of benzene rings is 1. The zero-order valence-electron chi connectivity index (χ0n) is 14.2. The lowest BCUT2D eigenvalue weighted by molar-refractivity contribution is -0.134. The number of aliphatic imine (C=N–C) groups is 1. The Hall–Kier alpha value is -2.84. The quantitative estimate of drug-likeness (QED) is 0.757. The number of nitrogens with zero attached hydrogens (tertiary/aromatic N) is 2. The van der Waals surface area contributed by atoms with Crippen molar-refractivity contribution in [3.63, 3.8) is 0 Å². The lowest BCUT2D eigenvalue weighted by atomic mass is 10.1. The molecule has 0 saturated carbocycles. The van der Waals surface area contributed by atoms with Gasteiger partial charge in [0.15, 0.2) is 5.17 Å². The van der Waals surface area contributed by atoms with Gasteiger partial charge in [0.1, 0.15) is 0 Å². The van der Waals surface area contributed by atoms with E-state index in [-0.39, 0.29) is 0 Å². The number of hydrogen-bond acceptors (Lipinski definition) is 6. The molecule has 0 bridgehead atoms. The number of amidine groups is 1. The molecule has 0 saturated heterocycles. The zero-order chi connectivity index (χ0) is 19.4. The first-order valence-electron chi connectivity index (χ1n) is 7.98. The highest BCUT2D eigenvalue weighted by Crippen LogP contribution is 2.45. The maximum Gasteiger partial charge on any atom is 0.328 e. The number of rotatable bonds is 4. The minimum Gasteiger partial charge on any atom is -0.478 e. The van der Waals surface area contributed by atoms with E-state index in [1.807, 2.05) is 6.08 Å². The molecule has 2 aromatic rings. The Labute approximate surface area is 163 Å². The second-order valence-corrected chi connectivity index (χ2v) is 7.41. The summed E-state index contributed by atoms with van der Waals surface area (Å²) in [4.78, 5) is 27.2. The molecule has 0 spiro atoms. The Morgan fingerprint density at radius 2 is 1.89 bits per heavy atom. The Morgan fingerprint density at radius 1 is 1.19 bits per heavy atom. The third-order valence-corrected chi connectivity index (χ3v) is 5.87. The average Bonchev–Trinajstić information content (AvgIpc) is 3.34. The van der Waals surface area contributed by atoms with E-state index in [0.717, 1.165) is 18.3 Å². The molecule has 6 nitrogen and oxygen atoms in total. The van der Waals surface area contributed by atoms with E-state index in [2.05, 4.69) is 46.1 Å². The molecule has 2 N–H and O–H groups in total. The van der Waals surface area contributed by atoms with Gasteiger partial charge >= 0.3 is 11.9 Å². The summed E-state index contributed by atoms with van der Waals surface area (Å²) in [6.07, 6.45) is 3.07. The molecule has 0 atom stereocenters. The van der Waals surface area contributed by atoms with Crippen molar-refractivity contribution in [2.24, 2.45) is 4.99 Å². The fraction of sp³-hybridized carbons (Fsp3) is 0.105. The Kier molecular flexibility index (Phi) is 5.78. The van der Waals surface area contributed by atoms with Crippen molar-refractivity contribution in [1.29, 1.82) is 0 Å². The molecule has 1 aromatic heterocycles. The summed E-state index contributed by atoms with van der Waals surface area (Å²) in [5.41, 5.74) is 2.60. The SMILES string of the molecule is C=CC1=C(c2csc3ccccc23)N2CCN=C2S1.O=C(O)C=CC(=O)O. The third kappa shape index (κ3) is 4.12. The molecule has 138 valence electrons. The first-order valence-corrected chi connectivity index (χ1v) is 9.68. The van der Waals surface area contributed by atoms with Crippen LogP contribution in [0.2, 0.25) is 0 Å². The number of thiophene rings is 1. The average molecular weight is 400 g/mol. The number of fused-ring (bicyclic) bond motifs is 2. The van der Waals surface area contributed by atoms with E-state index < -0.39 is 11.9 Å². The molecule has 1 aromatic carbocycles. The highest BCUT2D eigenvalue weighted by molar-refractivity contribution is 8.17. The summed E-state index contributed by atoms with van der Waals surface area (Å²) in [6.45, 7) is 5.84. The van der Waals surface area contributed by atoms with Gasteiger partial charge in [0.2, 0.25) is 0 Å². The van der Waals surface area contributed by atoms with E-state index in [1.54, 1.807) is 23.1 Å². The van der Waals surface area contributed by atoms with E-state index in [0.29, 0.717) is 12.2 Å². The van der Waals surface area contributed by atoms with Crippen LogP contribution in [0.4, 0.5) is 0 Å². The van der Waals surface area contributed by atoms with Gasteiger partial charge in [-0.15, -0.1) is 11.3 Å². The standard InChI is InChI=1S/C15H12N2S2.C4H4O4/c1-2-12-14(17-8-7-16-15(17)19-12)11-9-18-13-6-4-3-5-10(11)13;5-3(6)1-2-4(7)8/h2-6,9H,1,7-8H2;1-2H,(H,5,6)(H,7,8). The van der Waals surface area contributed by atoms with Crippen molar-refractivity contribution in [3.8, 4) is 0 Å². The van der Waals surface area contributed by atoms with Gasteiger partial charge in [-0.3, -0.25) is 4.99 Å². The molecule has 8 heteroatoms. The van der Waals surface area contributed by atoms with Crippen molar-refractivity contribution >= 4 is 56.0 Å². The van der Waals surface area contributed by atoms with Gasteiger partial charge in [0.05, 0.1) is 12.2 Å². The molecule has 3 heterocycles. The van der Waals surface area contributed by atoms with Crippen LogP contribution >= 0.6 is 23.1 Å². The Morgan fingerprint density at radius 3 is 2.56 bits per heavy atom. The second kappa shape index (κ2) is 8.24. The van der Waals surface area contributed by atoms with Crippen LogP contribution in [0.3, 0.4) is 0 Å². The Balaban J connectivity index is 0.000000226. The summed E-state index contributed by atoms with van der Waals surface area (Å²) in [6, 6.07) is 8.58. The highest BCUT2D eigenvalue weighted by Gasteiger charge is 2.32. The summed E-state index contributed by atoms with van der Waals surface area (Å²) in [7, 11) is 0. The molecule has 0 amide bonds. The van der Waals surface area contributed by atoms with Gasteiger partial charge < -0.3 is 15.1 Å². The smallest absolute Gasteiger partial charge is 0.328 e. The van der Waals surface area contributed by atoms with Gasteiger partial charge in [0.25, 0.3) is 0 Å². The highest BCUT2D eigenvalue weighted by atomic mass is 32.2. The van der Waals surface area contributed by atoms with Crippen LogP contribution in [-0.2, 0) is 9.59 Å². The number of allylic oxidation sites excluding steroid dienone is 1. The van der Waals surface area contributed by atoms with Gasteiger partial charge in [-0.1, -0.05) is 30.9 Å². The fourth-order valence-electron chi connectivity index (χ4n) is 2.72. The third-order valence-electron chi connectivity index (χ3n) is 3.80. The van der Waals surface area contributed by atoms with Gasteiger partial charge in [0, 0.05) is 44.6 Å². The predicted molar refractivity (Wildman–Crippen MR) is 110 cm³/mol. The molecular weight excluding hydrogens is 384 g/mol. The normalized spacial score (nSPS) is 15.6. The van der Waals surface area contributed by atoms with Crippen LogP contribution in [-0.4, -0.2) is 45.3 Å². The molecule has 0 unspecified atom stereocenters. The second-order valence-electron chi connectivity index (χ2n) is 5.49. The van der Waals surface area contributed by atoms with E-state index in [9.17, 15) is 9.59 Å². The molecule has 0 aliphatic carbocycles. The number of carbonyl (C=O) groups is 2. The van der Waals surface area contributed by atoms with Crippen LogP contribution in [0.15, 0.2) is 64.4 Å². The van der Waals surface area contributed by atoms with Crippen LogP contribution in [0.1, 0.15) is 5.56 Å². The maximum atomic E-state index is 9.55. The first kappa shape index (κ1) is 18.9. The van der Waals surface area contributed by atoms with Crippen LogP contribution in [0.5, 0.6) is 0 Å². The summed E-state index contributed by atoms with van der Waals surface area (Å²) in [5.74, 6) is -2.51. The van der Waals surface area contributed by atoms with Crippen LogP contribution in [0.25, 0.3) is 15.8 Å². The molecule has 27 heavy (non-hydrogen) atoms. The largest absolute Gasteiger partial charge is 0.478 e. The number of hydrogen-bond donors (Lipinski definition) is 2. The minimum absolute atomic E-state index is 0.558. The minimum atomic E-state index is -1.26. The zero-order valence-corrected chi connectivity index (χ0v) is 15.8. The first-order chi connectivity index (χ1) is 13.0. The number of carboxylic acid groups (broad SMARTS) is 2. The summed E-state index contributed by atoms with van der Waals surface area (Å²) < 4.78 is 1.34. The fourth-order valence-corrected chi connectivity index (χ4v) is 4.71. The van der Waals surface area contributed by atoms with Crippen molar-refractivity contribution in [3.05, 3.63) is 64.9 Å². The van der Waals surface area contributed by atoms with Crippen molar-refractivity contribution in [2.45, 2.75) is 0 Å². The molecule has 0 radical (unpaired) electrons.